The molecular weight excluding hydrogens is 396 g/mol. The molecule has 0 aliphatic carbocycles. The topological polar surface area (TPSA) is 37.6 Å². The SMILES string of the molecule is C[NH+](C)CCN(C(=O)c1cc(Cl)ccc1Cl)c1nc2c(F)cccc2s1. The number of nitrogens with zero attached hydrogens (tertiary/aromatic N) is 2. The van der Waals surface area contributed by atoms with Crippen molar-refractivity contribution in [1.82, 2.24) is 4.98 Å². The lowest BCUT2D eigenvalue weighted by Gasteiger charge is -2.21. The number of rotatable bonds is 5. The Bertz CT molecular complexity index is 961. The molecule has 0 radical (unpaired) electrons. The molecule has 0 aliphatic rings. The monoisotopic (exact) mass is 412 g/mol. The predicted molar refractivity (Wildman–Crippen MR) is 105 cm³/mol. The Labute approximate surface area is 164 Å². The van der Waals surface area contributed by atoms with Crippen molar-refractivity contribution in [2.24, 2.45) is 0 Å². The van der Waals surface area contributed by atoms with E-state index in [9.17, 15) is 9.18 Å². The second-order valence-corrected chi connectivity index (χ2v) is 7.97. The van der Waals surface area contributed by atoms with E-state index in [4.69, 9.17) is 23.2 Å². The molecule has 0 saturated heterocycles. The molecule has 1 N–H and O–H groups in total. The minimum absolute atomic E-state index is 0.264. The summed E-state index contributed by atoms with van der Waals surface area (Å²) >= 11 is 13.5. The quantitative estimate of drug-likeness (QED) is 0.695. The van der Waals surface area contributed by atoms with Gasteiger partial charge in [0.15, 0.2) is 5.13 Å². The van der Waals surface area contributed by atoms with Crippen molar-refractivity contribution in [3.05, 3.63) is 57.8 Å². The molecule has 0 saturated carbocycles. The minimum atomic E-state index is -0.406. The number of quaternary nitrogens is 1. The Morgan fingerprint density at radius 1 is 1.27 bits per heavy atom. The summed E-state index contributed by atoms with van der Waals surface area (Å²) in [6.45, 7) is 1.12. The van der Waals surface area contributed by atoms with Gasteiger partial charge in [-0.15, -0.1) is 0 Å². The van der Waals surface area contributed by atoms with Crippen LogP contribution in [-0.2, 0) is 0 Å². The zero-order valence-electron chi connectivity index (χ0n) is 14.2. The van der Waals surface area contributed by atoms with Crippen LogP contribution in [0, 0.1) is 5.82 Å². The number of nitrogens with one attached hydrogen (secondary N) is 1. The summed E-state index contributed by atoms with van der Waals surface area (Å²) in [5.41, 5.74) is 0.562. The lowest BCUT2D eigenvalue weighted by atomic mass is 10.2. The molecule has 136 valence electrons. The van der Waals surface area contributed by atoms with Crippen molar-refractivity contribution in [2.75, 3.05) is 32.1 Å². The molecule has 0 fully saturated rings. The molecule has 0 bridgehead atoms. The van der Waals surface area contributed by atoms with Gasteiger partial charge in [-0.2, -0.15) is 0 Å². The first-order valence-electron chi connectivity index (χ1n) is 7.98. The van der Waals surface area contributed by atoms with Gasteiger partial charge in [0.25, 0.3) is 5.91 Å². The minimum Gasteiger partial charge on any atom is -0.338 e. The van der Waals surface area contributed by atoms with Crippen molar-refractivity contribution in [1.29, 1.82) is 0 Å². The average molecular weight is 413 g/mol. The molecule has 2 aromatic carbocycles. The van der Waals surface area contributed by atoms with Crippen molar-refractivity contribution in [3.8, 4) is 0 Å². The maximum Gasteiger partial charge on any atom is 0.261 e. The van der Waals surface area contributed by atoms with Crippen LogP contribution in [0.25, 0.3) is 10.2 Å². The van der Waals surface area contributed by atoms with Crippen LogP contribution < -0.4 is 9.80 Å². The van der Waals surface area contributed by atoms with Gasteiger partial charge in [0.1, 0.15) is 11.3 Å². The number of likely N-dealkylation sites (N-methyl/N-ethyl adjacent to an activating group) is 1. The summed E-state index contributed by atoms with van der Waals surface area (Å²) in [6.07, 6.45) is 0. The number of amides is 1. The van der Waals surface area contributed by atoms with E-state index in [0.717, 1.165) is 0 Å². The largest absolute Gasteiger partial charge is 0.338 e. The summed E-state index contributed by atoms with van der Waals surface area (Å²) in [5.74, 6) is -0.713. The van der Waals surface area contributed by atoms with Crippen molar-refractivity contribution in [3.63, 3.8) is 0 Å². The molecule has 0 unspecified atom stereocenters. The van der Waals surface area contributed by atoms with Crippen LogP contribution in [0.5, 0.6) is 0 Å². The number of fused-ring (bicyclic) bond motifs is 1. The number of thiazole rings is 1. The highest BCUT2D eigenvalue weighted by atomic mass is 35.5. The molecule has 0 spiro atoms. The first-order chi connectivity index (χ1) is 12.4. The van der Waals surface area contributed by atoms with Gasteiger partial charge in [0, 0.05) is 5.02 Å². The van der Waals surface area contributed by atoms with Gasteiger partial charge >= 0.3 is 0 Å². The van der Waals surface area contributed by atoms with Crippen LogP contribution in [0.2, 0.25) is 10.0 Å². The Balaban J connectivity index is 2.04. The Morgan fingerprint density at radius 2 is 2.04 bits per heavy atom. The molecule has 26 heavy (non-hydrogen) atoms. The molecule has 8 heteroatoms. The first-order valence-corrected chi connectivity index (χ1v) is 9.55. The molecule has 1 heterocycles. The van der Waals surface area contributed by atoms with E-state index in [1.54, 1.807) is 24.3 Å². The molecule has 0 atom stereocenters. The predicted octanol–water partition coefficient (Wildman–Crippen LogP) is 3.53. The van der Waals surface area contributed by atoms with Crippen molar-refractivity contribution in [2.45, 2.75) is 0 Å². The second-order valence-electron chi connectivity index (χ2n) is 6.12. The summed E-state index contributed by atoms with van der Waals surface area (Å²) in [7, 11) is 3.99. The highest BCUT2D eigenvalue weighted by Gasteiger charge is 2.24. The number of anilines is 1. The molecule has 1 aromatic heterocycles. The third kappa shape index (κ3) is 3.99. The number of aromatic nitrogens is 1. The summed E-state index contributed by atoms with van der Waals surface area (Å²) in [5, 5.41) is 1.17. The molecule has 4 nitrogen and oxygen atoms in total. The number of hydrogen-bond acceptors (Lipinski definition) is 3. The van der Waals surface area contributed by atoms with Crippen molar-refractivity contribution >= 4 is 55.8 Å². The fraction of sp³-hybridized carbons (Fsp3) is 0.222. The normalized spacial score (nSPS) is 11.3. The molecular formula is C18H17Cl2FN3OS+. The summed E-state index contributed by atoms with van der Waals surface area (Å²) in [4.78, 5) is 20.2. The van der Waals surface area contributed by atoms with Crippen LogP contribution in [0.3, 0.4) is 0 Å². The highest BCUT2D eigenvalue weighted by Crippen LogP contribution is 2.32. The fourth-order valence-electron chi connectivity index (χ4n) is 2.44. The highest BCUT2D eigenvalue weighted by molar-refractivity contribution is 7.22. The van der Waals surface area contributed by atoms with Crippen molar-refractivity contribution < 1.29 is 14.1 Å². The molecule has 3 aromatic rings. The number of hydrogen-bond donors (Lipinski definition) is 1. The van der Waals surface area contributed by atoms with Gasteiger partial charge in [-0.1, -0.05) is 40.6 Å². The Morgan fingerprint density at radius 3 is 2.73 bits per heavy atom. The Kier molecular flexibility index (Phi) is 5.77. The maximum atomic E-state index is 14.0. The molecule has 1 amide bonds. The van der Waals surface area contributed by atoms with Gasteiger partial charge in [-0.05, 0) is 30.3 Å². The lowest BCUT2D eigenvalue weighted by Crippen LogP contribution is -3.06. The van der Waals surface area contributed by atoms with E-state index in [-0.39, 0.29) is 11.4 Å². The number of benzene rings is 2. The van der Waals surface area contributed by atoms with E-state index in [2.05, 4.69) is 4.98 Å². The first kappa shape index (κ1) is 19.0. The van der Waals surface area contributed by atoms with Crippen LogP contribution >= 0.6 is 34.5 Å². The van der Waals surface area contributed by atoms with Gasteiger partial charge in [0.05, 0.1) is 42.5 Å². The standard InChI is InChI=1S/C18H16Cl2FN3OS/c1-23(2)8-9-24(17(25)12-10-11(19)6-7-13(12)20)18-22-16-14(21)4-3-5-15(16)26-18/h3-7,10H,8-9H2,1-2H3/p+1. The number of carbonyl (C=O) groups excluding carboxylic acids is 1. The van der Waals surface area contributed by atoms with Gasteiger partial charge < -0.3 is 4.90 Å². The summed E-state index contributed by atoms with van der Waals surface area (Å²) in [6, 6.07) is 9.52. The third-order valence-corrected chi connectivity index (χ3v) is 5.44. The fourth-order valence-corrected chi connectivity index (χ4v) is 3.82. The van der Waals surface area contributed by atoms with E-state index in [0.29, 0.717) is 38.5 Å². The maximum absolute atomic E-state index is 14.0. The van der Waals surface area contributed by atoms with Gasteiger partial charge in [-0.25, -0.2) is 9.37 Å². The number of carbonyl (C=O) groups is 1. The molecule has 3 rings (SSSR count). The van der Waals surface area contributed by atoms with Crippen LogP contribution in [0.1, 0.15) is 10.4 Å². The average Bonchev–Trinajstić information content (AvgIpc) is 3.02. The van der Waals surface area contributed by atoms with Crippen LogP contribution in [-0.4, -0.2) is 38.1 Å². The van der Waals surface area contributed by atoms with Crippen LogP contribution in [0.4, 0.5) is 9.52 Å². The number of halogens is 3. The second kappa shape index (κ2) is 7.88. The zero-order valence-corrected chi connectivity index (χ0v) is 16.6. The zero-order chi connectivity index (χ0) is 18.8. The third-order valence-electron chi connectivity index (χ3n) is 3.83. The summed E-state index contributed by atoms with van der Waals surface area (Å²) < 4.78 is 14.7. The van der Waals surface area contributed by atoms with Gasteiger partial charge in [0.2, 0.25) is 0 Å². The Hall–Kier alpha value is -1.73. The van der Waals surface area contributed by atoms with E-state index < -0.39 is 5.82 Å². The van der Waals surface area contributed by atoms with Gasteiger partial charge in [-0.3, -0.25) is 9.69 Å². The molecule has 0 aliphatic heterocycles. The van der Waals surface area contributed by atoms with E-state index >= 15 is 0 Å². The van der Waals surface area contributed by atoms with E-state index in [1.165, 1.54) is 33.3 Å². The number of para-hydroxylation sites is 1. The smallest absolute Gasteiger partial charge is 0.261 e. The van der Waals surface area contributed by atoms with E-state index in [1.807, 2.05) is 14.1 Å². The van der Waals surface area contributed by atoms with Crippen LogP contribution in [0.15, 0.2) is 36.4 Å². The lowest BCUT2D eigenvalue weighted by molar-refractivity contribution is -0.856.